The summed E-state index contributed by atoms with van der Waals surface area (Å²) in [6, 6.07) is 13.5. The Hall–Kier alpha value is -2.22. The number of rotatable bonds is 6. The van der Waals surface area contributed by atoms with Gasteiger partial charge in [0, 0.05) is 53.9 Å². The molecule has 0 spiro atoms. The maximum atomic E-state index is 12.4. The second kappa shape index (κ2) is 9.73. The van der Waals surface area contributed by atoms with Gasteiger partial charge in [0.05, 0.1) is 11.4 Å². The Bertz CT molecular complexity index is 931. The van der Waals surface area contributed by atoms with E-state index < -0.39 is 0 Å². The summed E-state index contributed by atoms with van der Waals surface area (Å²) in [5.74, 6) is 0.292. The first-order valence-corrected chi connectivity index (χ1v) is 11.5. The number of piperazine rings is 1. The summed E-state index contributed by atoms with van der Waals surface area (Å²) in [6.45, 7) is 5.55. The monoisotopic (exact) mass is 444 g/mol. The van der Waals surface area contributed by atoms with Gasteiger partial charge in [-0.25, -0.2) is 0 Å². The maximum Gasteiger partial charge on any atom is 0.251 e. The molecule has 4 rings (SSSR count). The molecule has 30 heavy (non-hydrogen) atoms. The fourth-order valence-electron chi connectivity index (χ4n) is 3.73. The number of nitrogens with one attached hydrogen (secondary N) is 2. The van der Waals surface area contributed by atoms with E-state index in [1.165, 1.54) is 17.4 Å². The van der Waals surface area contributed by atoms with Crippen LogP contribution in [-0.4, -0.2) is 61.7 Å². The van der Waals surface area contributed by atoms with Crippen molar-refractivity contribution in [3.8, 4) is 0 Å². The SMILES string of the molecule is O=C1CSc2ccc(C(=O)NCCCN3CCN(c4cccc(Cl)c4)CC3)cc2N1. The van der Waals surface area contributed by atoms with Crippen molar-refractivity contribution in [2.24, 2.45) is 0 Å². The highest BCUT2D eigenvalue weighted by molar-refractivity contribution is 8.00. The Morgan fingerprint density at radius 1 is 1.13 bits per heavy atom. The van der Waals surface area contributed by atoms with E-state index in [-0.39, 0.29) is 11.8 Å². The molecular formula is C22H25ClN4O2S. The predicted octanol–water partition coefficient (Wildman–Crippen LogP) is 3.33. The van der Waals surface area contributed by atoms with Gasteiger partial charge in [0.25, 0.3) is 5.91 Å². The zero-order chi connectivity index (χ0) is 20.9. The number of carbonyl (C=O) groups excluding carboxylic acids is 2. The quantitative estimate of drug-likeness (QED) is 0.669. The van der Waals surface area contributed by atoms with Crippen LogP contribution in [-0.2, 0) is 4.79 Å². The number of fused-ring (bicyclic) bond motifs is 1. The highest BCUT2D eigenvalue weighted by Crippen LogP contribution is 2.31. The first kappa shape index (κ1) is 21.0. The zero-order valence-electron chi connectivity index (χ0n) is 16.7. The summed E-state index contributed by atoms with van der Waals surface area (Å²) >= 11 is 7.59. The Labute approximate surface area is 185 Å². The minimum atomic E-state index is -0.103. The van der Waals surface area contributed by atoms with E-state index in [1.807, 2.05) is 30.3 Å². The number of hydrogen-bond acceptors (Lipinski definition) is 5. The molecule has 2 heterocycles. The van der Waals surface area contributed by atoms with E-state index in [4.69, 9.17) is 11.6 Å². The summed E-state index contributed by atoms with van der Waals surface area (Å²) in [5.41, 5.74) is 2.47. The van der Waals surface area contributed by atoms with Crippen LogP contribution < -0.4 is 15.5 Å². The van der Waals surface area contributed by atoms with E-state index in [1.54, 1.807) is 6.07 Å². The summed E-state index contributed by atoms with van der Waals surface area (Å²) in [6.07, 6.45) is 0.903. The number of hydrogen-bond donors (Lipinski definition) is 2. The molecule has 6 nitrogen and oxygen atoms in total. The molecule has 0 saturated carbocycles. The van der Waals surface area contributed by atoms with Crippen LogP contribution in [0.1, 0.15) is 16.8 Å². The molecule has 0 aliphatic carbocycles. The van der Waals surface area contributed by atoms with Gasteiger partial charge >= 0.3 is 0 Å². The smallest absolute Gasteiger partial charge is 0.251 e. The highest BCUT2D eigenvalue weighted by atomic mass is 35.5. The predicted molar refractivity (Wildman–Crippen MR) is 123 cm³/mol. The Kier molecular flexibility index (Phi) is 6.82. The van der Waals surface area contributed by atoms with Gasteiger partial charge in [0.15, 0.2) is 0 Å². The average molecular weight is 445 g/mol. The van der Waals surface area contributed by atoms with E-state index in [2.05, 4.69) is 26.5 Å². The van der Waals surface area contributed by atoms with Gasteiger partial charge in [0.2, 0.25) is 5.91 Å². The van der Waals surface area contributed by atoms with Crippen LogP contribution in [0, 0.1) is 0 Å². The molecular weight excluding hydrogens is 420 g/mol. The molecule has 2 aliphatic rings. The normalized spacial score (nSPS) is 16.7. The van der Waals surface area contributed by atoms with Crippen LogP contribution in [0.2, 0.25) is 5.02 Å². The largest absolute Gasteiger partial charge is 0.369 e. The van der Waals surface area contributed by atoms with Crippen LogP contribution in [0.3, 0.4) is 0 Å². The second-order valence-electron chi connectivity index (χ2n) is 7.47. The number of halogens is 1. The van der Waals surface area contributed by atoms with Gasteiger partial charge in [-0.05, 0) is 49.4 Å². The van der Waals surface area contributed by atoms with Crippen molar-refractivity contribution in [1.82, 2.24) is 10.2 Å². The Morgan fingerprint density at radius 2 is 1.97 bits per heavy atom. The van der Waals surface area contributed by atoms with Gasteiger partial charge in [-0.3, -0.25) is 14.5 Å². The average Bonchev–Trinajstić information content (AvgIpc) is 2.76. The minimum absolute atomic E-state index is 0.0273. The van der Waals surface area contributed by atoms with Crippen molar-refractivity contribution in [2.75, 3.05) is 55.2 Å². The first-order valence-electron chi connectivity index (χ1n) is 10.2. The fourth-order valence-corrected chi connectivity index (χ4v) is 4.71. The molecule has 2 N–H and O–H groups in total. The van der Waals surface area contributed by atoms with Gasteiger partial charge in [0.1, 0.15) is 0 Å². The third kappa shape index (κ3) is 5.28. The van der Waals surface area contributed by atoms with E-state index in [0.29, 0.717) is 17.9 Å². The molecule has 8 heteroatoms. The number of thioether (sulfide) groups is 1. The van der Waals surface area contributed by atoms with Crippen molar-refractivity contribution < 1.29 is 9.59 Å². The molecule has 2 aromatic carbocycles. The van der Waals surface area contributed by atoms with Crippen LogP contribution in [0.5, 0.6) is 0 Å². The van der Waals surface area contributed by atoms with Crippen LogP contribution >= 0.6 is 23.4 Å². The van der Waals surface area contributed by atoms with Crippen LogP contribution in [0.25, 0.3) is 0 Å². The zero-order valence-corrected chi connectivity index (χ0v) is 18.3. The second-order valence-corrected chi connectivity index (χ2v) is 8.92. The lowest BCUT2D eigenvalue weighted by molar-refractivity contribution is -0.113. The van der Waals surface area contributed by atoms with Gasteiger partial charge in [-0.2, -0.15) is 0 Å². The summed E-state index contributed by atoms with van der Waals surface area (Å²) < 4.78 is 0. The van der Waals surface area contributed by atoms with Crippen molar-refractivity contribution in [3.05, 3.63) is 53.1 Å². The maximum absolute atomic E-state index is 12.4. The third-order valence-corrected chi connectivity index (χ3v) is 6.67. The lowest BCUT2D eigenvalue weighted by Gasteiger charge is -2.36. The summed E-state index contributed by atoms with van der Waals surface area (Å²) in [5, 5.41) is 6.58. The van der Waals surface area contributed by atoms with Crippen molar-refractivity contribution in [2.45, 2.75) is 11.3 Å². The topological polar surface area (TPSA) is 64.7 Å². The molecule has 158 valence electrons. The minimum Gasteiger partial charge on any atom is -0.369 e. The molecule has 0 unspecified atom stereocenters. The van der Waals surface area contributed by atoms with Crippen molar-refractivity contribution in [1.29, 1.82) is 0 Å². The number of anilines is 2. The van der Waals surface area contributed by atoms with Crippen molar-refractivity contribution >= 4 is 46.6 Å². The fraction of sp³-hybridized carbons (Fsp3) is 0.364. The summed E-state index contributed by atoms with van der Waals surface area (Å²) in [4.78, 5) is 29.8. The molecule has 2 amide bonds. The number of benzene rings is 2. The number of amides is 2. The van der Waals surface area contributed by atoms with Crippen LogP contribution in [0.15, 0.2) is 47.4 Å². The van der Waals surface area contributed by atoms with Gasteiger partial charge in [-0.15, -0.1) is 11.8 Å². The molecule has 0 bridgehead atoms. The van der Waals surface area contributed by atoms with Gasteiger partial charge < -0.3 is 15.5 Å². The van der Waals surface area contributed by atoms with E-state index in [9.17, 15) is 9.59 Å². The Balaban J connectivity index is 1.18. The molecule has 2 aromatic rings. The first-order chi connectivity index (χ1) is 14.6. The molecule has 1 saturated heterocycles. The molecule has 0 radical (unpaired) electrons. The van der Waals surface area contributed by atoms with E-state index in [0.717, 1.165) is 54.8 Å². The lowest BCUT2D eigenvalue weighted by atomic mass is 10.1. The molecule has 2 aliphatic heterocycles. The molecule has 0 aromatic heterocycles. The molecule has 0 atom stereocenters. The lowest BCUT2D eigenvalue weighted by Crippen LogP contribution is -2.47. The summed E-state index contributed by atoms with van der Waals surface area (Å²) in [7, 11) is 0. The highest BCUT2D eigenvalue weighted by Gasteiger charge is 2.18. The van der Waals surface area contributed by atoms with Gasteiger partial charge in [-0.1, -0.05) is 17.7 Å². The van der Waals surface area contributed by atoms with E-state index >= 15 is 0 Å². The third-order valence-electron chi connectivity index (χ3n) is 5.36. The number of nitrogens with zero attached hydrogens (tertiary/aromatic N) is 2. The van der Waals surface area contributed by atoms with Crippen molar-refractivity contribution in [3.63, 3.8) is 0 Å². The standard InChI is InChI=1S/C22H25ClN4O2S/c23-17-3-1-4-18(14-17)27-11-9-26(10-12-27)8-2-7-24-22(29)16-5-6-20-19(13-16)25-21(28)15-30-20/h1,3-6,13-14H,2,7-12,15H2,(H,24,29)(H,25,28). The number of carbonyl (C=O) groups is 2. The van der Waals surface area contributed by atoms with Crippen LogP contribution in [0.4, 0.5) is 11.4 Å². The molecule has 1 fully saturated rings. The Morgan fingerprint density at radius 3 is 2.77 bits per heavy atom.